The summed E-state index contributed by atoms with van der Waals surface area (Å²) in [6.07, 6.45) is 6.17. The normalized spacial score (nSPS) is 10.4. The predicted molar refractivity (Wildman–Crippen MR) is 101 cm³/mol. The second-order valence-electron chi connectivity index (χ2n) is 5.42. The average molecular weight is 384 g/mol. The van der Waals surface area contributed by atoms with Crippen LogP contribution < -0.4 is 10.2 Å². The highest BCUT2D eigenvalue weighted by Gasteiger charge is 2.05. The van der Waals surface area contributed by atoms with Crippen LogP contribution in [-0.4, -0.2) is 28.5 Å². The van der Waals surface area contributed by atoms with Gasteiger partial charge in [-0.2, -0.15) is 0 Å². The molecule has 0 saturated carbocycles. The van der Waals surface area contributed by atoms with Gasteiger partial charge in [0.1, 0.15) is 18.0 Å². The van der Waals surface area contributed by atoms with Gasteiger partial charge in [0.25, 0.3) is 0 Å². The third-order valence-corrected chi connectivity index (χ3v) is 4.17. The van der Waals surface area contributed by atoms with Crippen molar-refractivity contribution in [3.05, 3.63) is 71.2 Å². The highest BCUT2D eigenvalue weighted by Crippen LogP contribution is 2.20. The summed E-state index contributed by atoms with van der Waals surface area (Å²) in [5.41, 5.74) is 2.25. The summed E-state index contributed by atoms with van der Waals surface area (Å²) in [5, 5.41) is 3.29. The van der Waals surface area contributed by atoms with Gasteiger partial charge in [-0.3, -0.25) is 4.98 Å². The van der Waals surface area contributed by atoms with Crippen LogP contribution in [0.1, 0.15) is 5.56 Å². The topological polar surface area (TPSA) is 53.9 Å². The van der Waals surface area contributed by atoms with Gasteiger partial charge in [-0.15, -0.1) is 0 Å². The summed E-state index contributed by atoms with van der Waals surface area (Å²) in [6, 6.07) is 14.0. The Balaban J connectivity index is 1.64. The third kappa shape index (κ3) is 4.52. The van der Waals surface area contributed by atoms with Crippen LogP contribution >= 0.6 is 15.9 Å². The van der Waals surface area contributed by atoms with Crippen LogP contribution in [0.4, 0.5) is 17.3 Å². The van der Waals surface area contributed by atoms with Crippen molar-refractivity contribution < 1.29 is 0 Å². The van der Waals surface area contributed by atoms with Crippen LogP contribution in [0.5, 0.6) is 0 Å². The number of hydrogen-bond acceptors (Lipinski definition) is 5. The van der Waals surface area contributed by atoms with E-state index in [9.17, 15) is 0 Å². The second-order valence-corrected chi connectivity index (χ2v) is 6.34. The highest BCUT2D eigenvalue weighted by molar-refractivity contribution is 9.10. The summed E-state index contributed by atoms with van der Waals surface area (Å²) < 4.78 is 1.05. The summed E-state index contributed by atoms with van der Waals surface area (Å²) >= 11 is 3.43. The standard InChI is InChI=1S/C18H18BrN5/c1-24(11-8-14-6-9-20-10-7-14)18-12-17(21-13-22-18)23-16-4-2-15(19)3-5-16/h2-7,9-10,12-13H,8,11H2,1H3,(H,21,22,23). The van der Waals surface area contributed by atoms with Crippen LogP contribution in [0.2, 0.25) is 0 Å². The molecule has 0 bridgehead atoms. The summed E-state index contributed by atoms with van der Waals surface area (Å²) in [7, 11) is 2.03. The molecule has 0 aliphatic carbocycles. The quantitative estimate of drug-likeness (QED) is 0.695. The zero-order valence-corrected chi connectivity index (χ0v) is 14.9. The van der Waals surface area contributed by atoms with E-state index in [0.717, 1.165) is 34.8 Å². The fourth-order valence-corrected chi connectivity index (χ4v) is 2.53. The lowest BCUT2D eigenvalue weighted by Gasteiger charge is -2.18. The minimum absolute atomic E-state index is 0.776. The zero-order valence-electron chi connectivity index (χ0n) is 13.4. The number of nitrogens with zero attached hydrogens (tertiary/aromatic N) is 4. The van der Waals surface area contributed by atoms with Gasteiger partial charge in [-0.25, -0.2) is 9.97 Å². The van der Waals surface area contributed by atoms with Crippen molar-refractivity contribution in [2.45, 2.75) is 6.42 Å². The fourth-order valence-electron chi connectivity index (χ4n) is 2.27. The van der Waals surface area contributed by atoms with E-state index in [1.807, 2.05) is 61.9 Å². The second kappa shape index (κ2) is 7.88. The maximum absolute atomic E-state index is 4.36. The van der Waals surface area contributed by atoms with Crippen molar-refractivity contribution in [3.63, 3.8) is 0 Å². The van der Waals surface area contributed by atoms with E-state index in [4.69, 9.17) is 0 Å². The summed E-state index contributed by atoms with van der Waals surface area (Å²) in [6.45, 7) is 0.874. The smallest absolute Gasteiger partial charge is 0.135 e. The molecule has 0 aliphatic rings. The Morgan fingerprint density at radius 3 is 2.54 bits per heavy atom. The average Bonchev–Trinajstić information content (AvgIpc) is 2.63. The monoisotopic (exact) mass is 383 g/mol. The molecule has 2 heterocycles. The minimum atomic E-state index is 0.776. The molecular weight excluding hydrogens is 366 g/mol. The molecule has 0 unspecified atom stereocenters. The van der Waals surface area contributed by atoms with Crippen molar-refractivity contribution in [3.8, 4) is 0 Å². The van der Waals surface area contributed by atoms with Crippen LogP contribution in [0.25, 0.3) is 0 Å². The van der Waals surface area contributed by atoms with E-state index in [-0.39, 0.29) is 0 Å². The zero-order chi connectivity index (χ0) is 16.8. The van der Waals surface area contributed by atoms with E-state index in [1.165, 1.54) is 5.56 Å². The molecule has 5 nitrogen and oxygen atoms in total. The first kappa shape index (κ1) is 16.4. The molecule has 0 aliphatic heterocycles. The third-order valence-electron chi connectivity index (χ3n) is 3.65. The maximum atomic E-state index is 4.36. The number of likely N-dealkylation sites (N-methyl/N-ethyl adjacent to an activating group) is 1. The lowest BCUT2D eigenvalue weighted by atomic mass is 10.2. The molecule has 0 amide bonds. The molecule has 0 radical (unpaired) electrons. The van der Waals surface area contributed by atoms with Crippen molar-refractivity contribution in [1.82, 2.24) is 15.0 Å². The first-order chi connectivity index (χ1) is 11.7. The van der Waals surface area contributed by atoms with Gasteiger partial charge in [0.2, 0.25) is 0 Å². The molecule has 0 fully saturated rings. The van der Waals surface area contributed by atoms with Gasteiger partial charge >= 0.3 is 0 Å². The van der Waals surface area contributed by atoms with Gasteiger partial charge in [0.15, 0.2) is 0 Å². The Morgan fingerprint density at radius 2 is 1.79 bits per heavy atom. The van der Waals surface area contributed by atoms with Gasteiger partial charge in [-0.1, -0.05) is 15.9 Å². The van der Waals surface area contributed by atoms with Gasteiger partial charge in [0, 0.05) is 42.2 Å². The van der Waals surface area contributed by atoms with Crippen molar-refractivity contribution >= 4 is 33.3 Å². The van der Waals surface area contributed by atoms with E-state index in [2.05, 4.69) is 41.1 Å². The number of nitrogens with one attached hydrogen (secondary N) is 1. The van der Waals surface area contributed by atoms with Crippen molar-refractivity contribution in [2.75, 3.05) is 23.8 Å². The largest absolute Gasteiger partial charge is 0.359 e. The number of hydrogen-bond donors (Lipinski definition) is 1. The molecule has 6 heteroatoms. The van der Waals surface area contributed by atoms with Crippen LogP contribution in [0, 0.1) is 0 Å². The van der Waals surface area contributed by atoms with Gasteiger partial charge < -0.3 is 10.2 Å². The van der Waals surface area contributed by atoms with E-state index in [0.29, 0.717) is 0 Å². The fraction of sp³-hybridized carbons (Fsp3) is 0.167. The van der Waals surface area contributed by atoms with Crippen molar-refractivity contribution in [1.29, 1.82) is 0 Å². The maximum Gasteiger partial charge on any atom is 0.135 e. The molecule has 0 atom stereocenters. The highest BCUT2D eigenvalue weighted by atomic mass is 79.9. The first-order valence-electron chi connectivity index (χ1n) is 7.65. The van der Waals surface area contributed by atoms with Gasteiger partial charge in [-0.05, 0) is 48.4 Å². The van der Waals surface area contributed by atoms with E-state index in [1.54, 1.807) is 6.33 Å². The molecule has 24 heavy (non-hydrogen) atoms. The van der Waals surface area contributed by atoms with E-state index >= 15 is 0 Å². The number of pyridine rings is 1. The van der Waals surface area contributed by atoms with E-state index < -0.39 is 0 Å². The Morgan fingerprint density at radius 1 is 1.04 bits per heavy atom. The lowest BCUT2D eigenvalue weighted by molar-refractivity contribution is 0.855. The number of anilines is 3. The first-order valence-corrected chi connectivity index (χ1v) is 8.45. The Kier molecular flexibility index (Phi) is 5.38. The predicted octanol–water partition coefficient (Wildman–Crippen LogP) is 4.06. The van der Waals surface area contributed by atoms with Crippen molar-refractivity contribution in [2.24, 2.45) is 0 Å². The Bertz CT molecular complexity index is 777. The molecule has 0 spiro atoms. The number of benzene rings is 1. The molecule has 3 rings (SSSR count). The number of rotatable bonds is 6. The Hall–Kier alpha value is -2.47. The Labute approximate surface area is 149 Å². The minimum Gasteiger partial charge on any atom is -0.359 e. The lowest BCUT2D eigenvalue weighted by Crippen LogP contribution is -2.21. The molecule has 2 aromatic heterocycles. The molecule has 1 N–H and O–H groups in total. The summed E-state index contributed by atoms with van der Waals surface area (Å²) in [5.74, 6) is 1.66. The number of halogens is 1. The van der Waals surface area contributed by atoms with Gasteiger partial charge in [0.05, 0.1) is 0 Å². The summed E-state index contributed by atoms with van der Waals surface area (Å²) in [4.78, 5) is 14.8. The van der Waals surface area contributed by atoms with Crippen LogP contribution in [-0.2, 0) is 6.42 Å². The SMILES string of the molecule is CN(CCc1ccncc1)c1cc(Nc2ccc(Br)cc2)ncn1. The molecular formula is C18H18BrN5. The molecule has 0 saturated heterocycles. The molecule has 1 aromatic carbocycles. The molecule has 122 valence electrons. The van der Waals surface area contributed by atoms with Crippen LogP contribution in [0.3, 0.4) is 0 Å². The van der Waals surface area contributed by atoms with Crippen LogP contribution in [0.15, 0.2) is 65.7 Å². The number of aromatic nitrogens is 3. The molecule has 3 aromatic rings.